The zero-order valence-corrected chi connectivity index (χ0v) is 20.6. The summed E-state index contributed by atoms with van der Waals surface area (Å²) in [6.07, 6.45) is 0.881. The zero-order chi connectivity index (χ0) is 25.1. The molecule has 2 N–H and O–H groups in total. The third-order valence-electron chi connectivity index (χ3n) is 7.30. The van der Waals surface area contributed by atoms with Crippen LogP contribution < -0.4 is 5.32 Å². The van der Waals surface area contributed by atoms with Crippen LogP contribution in [0.5, 0.6) is 0 Å². The van der Waals surface area contributed by atoms with Gasteiger partial charge in [0, 0.05) is 24.5 Å². The fraction of sp³-hybridized carbons (Fsp3) is 0.464. The first-order chi connectivity index (χ1) is 16.8. The number of ether oxygens (including phenoxy) is 1. The largest absolute Gasteiger partial charge is 0.481 e. The molecule has 2 aromatic carbocycles. The van der Waals surface area contributed by atoms with Crippen molar-refractivity contribution in [1.29, 1.82) is 0 Å². The number of carboxylic acid groups (broad SMARTS) is 1. The Morgan fingerprint density at radius 1 is 1.03 bits per heavy atom. The summed E-state index contributed by atoms with van der Waals surface area (Å²) in [6.45, 7) is 6.46. The first-order valence-electron chi connectivity index (χ1n) is 12.4. The maximum Gasteiger partial charge on any atom is 0.407 e. The van der Waals surface area contributed by atoms with Crippen LogP contribution in [0.1, 0.15) is 57.1 Å². The van der Waals surface area contributed by atoms with Crippen LogP contribution >= 0.6 is 0 Å². The fourth-order valence-electron chi connectivity index (χ4n) is 5.72. The van der Waals surface area contributed by atoms with Crippen molar-refractivity contribution in [3.8, 4) is 11.1 Å². The van der Waals surface area contributed by atoms with Crippen LogP contribution in [0, 0.1) is 11.8 Å². The molecule has 4 rings (SSSR count). The summed E-state index contributed by atoms with van der Waals surface area (Å²) >= 11 is 0. The molecular weight excluding hydrogens is 444 g/mol. The highest BCUT2D eigenvalue weighted by molar-refractivity contribution is 5.82. The van der Waals surface area contributed by atoms with Crippen molar-refractivity contribution < 1.29 is 24.2 Å². The van der Waals surface area contributed by atoms with Crippen LogP contribution in [0.4, 0.5) is 4.79 Å². The number of nitrogens with zero attached hydrogens (tertiary/aromatic N) is 1. The van der Waals surface area contributed by atoms with Crippen LogP contribution in [0.2, 0.25) is 0 Å². The fourth-order valence-corrected chi connectivity index (χ4v) is 5.72. The van der Waals surface area contributed by atoms with Crippen molar-refractivity contribution in [2.45, 2.75) is 58.0 Å². The minimum atomic E-state index is -0.902. The van der Waals surface area contributed by atoms with Gasteiger partial charge in [0.2, 0.25) is 5.91 Å². The summed E-state index contributed by atoms with van der Waals surface area (Å²) in [5.41, 5.74) is 4.61. The van der Waals surface area contributed by atoms with Gasteiger partial charge in [0.15, 0.2) is 0 Å². The number of rotatable bonds is 8. The molecule has 7 heteroatoms. The third kappa shape index (κ3) is 5.19. The molecule has 1 aliphatic carbocycles. The van der Waals surface area contributed by atoms with E-state index in [9.17, 15) is 19.5 Å². The summed E-state index contributed by atoms with van der Waals surface area (Å²) in [4.78, 5) is 39.1. The molecule has 1 saturated heterocycles. The monoisotopic (exact) mass is 478 g/mol. The standard InChI is InChI=1S/C28H34N2O5/c1-17(2)26(27(33)30-14-8-9-19(30)15-25(31)32)18(3)29-28(34)35-16-24-22-12-6-4-10-20(22)21-11-5-7-13-23(21)24/h4-7,10-13,17-19,24,26H,8-9,14-16H2,1-3H3,(H,29,34)(H,31,32). The molecule has 0 radical (unpaired) electrons. The number of likely N-dealkylation sites (tertiary alicyclic amines) is 1. The van der Waals surface area contributed by atoms with E-state index in [4.69, 9.17) is 4.74 Å². The van der Waals surface area contributed by atoms with E-state index >= 15 is 0 Å². The van der Waals surface area contributed by atoms with Crippen molar-refractivity contribution in [2.75, 3.05) is 13.2 Å². The Morgan fingerprint density at radius 3 is 2.20 bits per heavy atom. The molecule has 186 valence electrons. The van der Waals surface area contributed by atoms with Gasteiger partial charge in [-0.3, -0.25) is 9.59 Å². The predicted molar refractivity (Wildman–Crippen MR) is 133 cm³/mol. The van der Waals surface area contributed by atoms with Crippen LogP contribution in [-0.4, -0.2) is 53.2 Å². The van der Waals surface area contributed by atoms with E-state index in [1.807, 2.05) is 45.0 Å². The second-order valence-electron chi connectivity index (χ2n) is 9.95. The molecule has 1 aliphatic heterocycles. The van der Waals surface area contributed by atoms with Gasteiger partial charge in [0.05, 0.1) is 12.3 Å². The Bertz CT molecular complexity index is 1050. The first-order valence-corrected chi connectivity index (χ1v) is 12.4. The molecule has 0 aromatic heterocycles. The average molecular weight is 479 g/mol. The van der Waals surface area contributed by atoms with Crippen molar-refractivity contribution >= 4 is 18.0 Å². The highest BCUT2D eigenvalue weighted by Gasteiger charge is 2.38. The van der Waals surface area contributed by atoms with E-state index in [1.54, 1.807) is 4.90 Å². The summed E-state index contributed by atoms with van der Waals surface area (Å²) in [5.74, 6) is -1.54. The molecule has 3 atom stereocenters. The van der Waals surface area contributed by atoms with E-state index in [2.05, 4.69) is 29.6 Å². The summed E-state index contributed by atoms with van der Waals surface area (Å²) in [6, 6.07) is 15.6. The Balaban J connectivity index is 1.40. The molecule has 2 amide bonds. The minimum absolute atomic E-state index is 0.0301. The molecule has 0 bridgehead atoms. The van der Waals surface area contributed by atoms with E-state index in [0.717, 1.165) is 28.7 Å². The van der Waals surface area contributed by atoms with Gasteiger partial charge in [-0.2, -0.15) is 0 Å². The Hall–Kier alpha value is -3.35. The SMILES string of the molecule is CC(C)C(C(=O)N1CCCC1CC(=O)O)C(C)NC(=O)OCC1c2ccccc2-c2ccccc21. The summed E-state index contributed by atoms with van der Waals surface area (Å²) in [7, 11) is 0. The zero-order valence-electron chi connectivity index (χ0n) is 20.6. The van der Waals surface area contributed by atoms with Gasteiger partial charge in [-0.15, -0.1) is 0 Å². The van der Waals surface area contributed by atoms with Crippen molar-refractivity contribution in [3.63, 3.8) is 0 Å². The molecule has 3 unspecified atom stereocenters. The number of nitrogens with one attached hydrogen (secondary N) is 1. The molecule has 0 saturated carbocycles. The van der Waals surface area contributed by atoms with E-state index in [1.165, 1.54) is 0 Å². The van der Waals surface area contributed by atoms with Gasteiger partial charge < -0.3 is 20.1 Å². The van der Waals surface area contributed by atoms with Gasteiger partial charge in [0.25, 0.3) is 0 Å². The van der Waals surface area contributed by atoms with Gasteiger partial charge in [0.1, 0.15) is 6.61 Å². The smallest absolute Gasteiger partial charge is 0.407 e. The maximum absolute atomic E-state index is 13.4. The lowest BCUT2D eigenvalue weighted by molar-refractivity contribution is -0.142. The number of fused-ring (bicyclic) bond motifs is 3. The second-order valence-corrected chi connectivity index (χ2v) is 9.95. The number of aliphatic carboxylic acids is 1. The van der Waals surface area contributed by atoms with Crippen LogP contribution in [0.15, 0.2) is 48.5 Å². The van der Waals surface area contributed by atoms with Crippen LogP contribution in [-0.2, 0) is 14.3 Å². The molecule has 7 nitrogen and oxygen atoms in total. The van der Waals surface area contributed by atoms with Gasteiger partial charge >= 0.3 is 12.1 Å². The third-order valence-corrected chi connectivity index (χ3v) is 7.30. The molecule has 1 heterocycles. The molecular formula is C28H34N2O5. The van der Waals surface area contributed by atoms with E-state index < -0.39 is 24.0 Å². The first kappa shape index (κ1) is 24.8. The number of hydrogen-bond donors (Lipinski definition) is 2. The Morgan fingerprint density at radius 2 is 1.63 bits per heavy atom. The number of carbonyl (C=O) groups is 3. The van der Waals surface area contributed by atoms with Crippen molar-refractivity contribution in [3.05, 3.63) is 59.7 Å². The quantitative estimate of drug-likeness (QED) is 0.576. The number of carboxylic acids is 1. The van der Waals surface area contributed by atoms with Crippen LogP contribution in [0.25, 0.3) is 11.1 Å². The lowest BCUT2D eigenvalue weighted by Crippen LogP contribution is -2.50. The number of carbonyl (C=O) groups excluding carboxylic acids is 2. The van der Waals surface area contributed by atoms with Gasteiger partial charge in [-0.25, -0.2) is 4.79 Å². The second kappa shape index (κ2) is 10.5. The van der Waals surface area contributed by atoms with Gasteiger partial charge in [-0.05, 0) is 47.9 Å². The lowest BCUT2D eigenvalue weighted by Gasteiger charge is -2.33. The molecule has 2 aromatic rings. The van der Waals surface area contributed by atoms with Crippen molar-refractivity contribution in [1.82, 2.24) is 10.2 Å². The topological polar surface area (TPSA) is 95.9 Å². The molecule has 35 heavy (non-hydrogen) atoms. The number of alkyl carbamates (subject to hydrolysis) is 1. The minimum Gasteiger partial charge on any atom is -0.481 e. The van der Waals surface area contributed by atoms with Crippen LogP contribution in [0.3, 0.4) is 0 Å². The van der Waals surface area contributed by atoms with Gasteiger partial charge in [-0.1, -0.05) is 62.4 Å². The summed E-state index contributed by atoms with van der Waals surface area (Å²) in [5, 5.41) is 12.1. The highest BCUT2D eigenvalue weighted by atomic mass is 16.5. The number of benzene rings is 2. The Labute approximate surface area is 206 Å². The number of hydrogen-bond acceptors (Lipinski definition) is 4. The van der Waals surface area contributed by atoms with Crippen molar-refractivity contribution in [2.24, 2.45) is 11.8 Å². The Kier molecular flexibility index (Phi) is 7.43. The van der Waals surface area contributed by atoms with E-state index in [-0.39, 0.29) is 36.8 Å². The average Bonchev–Trinajstić information content (AvgIpc) is 3.39. The molecule has 0 spiro atoms. The predicted octanol–water partition coefficient (Wildman–Crippen LogP) is 4.65. The molecule has 1 fully saturated rings. The summed E-state index contributed by atoms with van der Waals surface area (Å²) < 4.78 is 5.67. The highest BCUT2D eigenvalue weighted by Crippen LogP contribution is 2.44. The molecule has 2 aliphatic rings. The maximum atomic E-state index is 13.4. The normalized spacial score (nSPS) is 18.6. The van der Waals surface area contributed by atoms with E-state index in [0.29, 0.717) is 13.0 Å². The number of amides is 2. The lowest BCUT2D eigenvalue weighted by atomic mass is 9.87.